The van der Waals surface area contributed by atoms with Crippen molar-refractivity contribution in [1.82, 2.24) is 10.3 Å². The molecule has 0 unspecified atom stereocenters. The number of para-hydroxylation sites is 2. The predicted molar refractivity (Wildman–Crippen MR) is 130 cm³/mol. The molecule has 3 aromatic carbocycles. The van der Waals surface area contributed by atoms with Crippen LogP contribution in [0.4, 0.5) is 5.69 Å². The van der Waals surface area contributed by atoms with E-state index < -0.39 is 0 Å². The molecule has 0 aliphatic heterocycles. The molecule has 0 bridgehead atoms. The molecule has 1 aromatic heterocycles. The number of aryl methyl sites for hydroxylation is 1. The average Bonchev–Trinajstić information content (AvgIpc) is 3.20. The number of hydrogen-bond donors (Lipinski definition) is 3. The minimum Gasteiger partial charge on any atom is -0.507 e. The second-order valence-corrected chi connectivity index (χ2v) is 8.20. The number of hydrogen-bond acceptors (Lipinski definition) is 6. The van der Waals surface area contributed by atoms with E-state index in [2.05, 4.69) is 31.5 Å². The van der Waals surface area contributed by atoms with Gasteiger partial charge in [0.05, 0.1) is 17.1 Å². The number of ether oxygens (including phenoxy) is 1. The minimum absolute atomic E-state index is 0.0557. The molecule has 1 amide bonds. The number of carbonyl (C=O) groups is 1. The Morgan fingerprint density at radius 3 is 2.69 bits per heavy atom. The number of carbonyl (C=O) groups excluding carboxylic acids is 1. The number of oxazole rings is 1. The lowest BCUT2D eigenvalue weighted by atomic mass is 10.1. The van der Waals surface area contributed by atoms with Crippen molar-refractivity contribution in [3.63, 3.8) is 0 Å². The van der Waals surface area contributed by atoms with Gasteiger partial charge in [0.2, 0.25) is 5.89 Å². The maximum absolute atomic E-state index is 12.5. The van der Waals surface area contributed by atoms with Gasteiger partial charge in [0.15, 0.2) is 10.7 Å². The van der Waals surface area contributed by atoms with Crippen molar-refractivity contribution in [1.29, 1.82) is 0 Å². The van der Waals surface area contributed by atoms with Crippen LogP contribution in [-0.4, -0.2) is 28.2 Å². The van der Waals surface area contributed by atoms with Crippen LogP contribution in [0.15, 0.2) is 63.5 Å². The zero-order valence-corrected chi connectivity index (χ0v) is 19.5. The minimum atomic E-state index is -0.375. The Hall–Kier alpha value is -3.43. The van der Waals surface area contributed by atoms with Crippen LogP contribution in [0.3, 0.4) is 0 Å². The van der Waals surface area contributed by atoms with Gasteiger partial charge < -0.3 is 19.6 Å². The van der Waals surface area contributed by atoms with Crippen LogP contribution in [0.25, 0.3) is 22.6 Å². The maximum Gasteiger partial charge on any atom is 0.257 e. The first-order chi connectivity index (χ1) is 15.4. The Balaban J connectivity index is 1.54. The summed E-state index contributed by atoms with van der Waals surface area (Å²) in [5.74, 6) is 0.586. The van der Waals surface area contributed by atoms with Crippen LogP contribution in [0.1, 0.15) is 15.9 Å². The fourth-order valence-electron chi connectivity index (χ4n) is 3.15. The van der Waals surface area contributed by atoms with Gasteiger partial charge in [0.1, 0.15) is 17.0 Å². The predicted octanol–water partition coefficient (Wildman–Crippen LogP) is 5.41. The van der Waals surface area contributed by atoms with Gasteiger partial charge in [-0.15, -0.1) is 0 Å². The quantitative estimate of drug-likeness (QED) is 0.249. The van der Waals surface area contributed by atoms with Crippen molar-refractivity contribution in [2.75, 3.05) is 12.4 Å². The number of nitrogens with zero attached hydrogens (tertiary/aromatic N) is 1. The van der Waals surface area contributed by atoms with E-state index in [1.807, 2.05) is 18.2 Å². The van der Waals surface area contributed by atoms with Gasteiger partial charge in [-0.05, 0) is 83.1 Å². The molecule has 0 fully saturated rings. The third-order valence-electron chi connectivity index (χ3n) is 4.72. The number of thiocarbonyl (C=S) groups is 1. The van der Waals surface area contributed by atoms with Crippen molar-refractivity contribution < 1.29 is 19.1 Å². The number of anilines is 1. The molecule has 0 saturated carbocycles. The molecule has 0 aliphatic carbocycles. The smallest absolute Gasteiger partial charge is 0.257 e. The van der Waals surface area contributed by atoms with Crippen LogP contribution < -0.4 is 15.4 Å². The standard InChI is InChI=1S/C23H18BrN3O4S/c1-12-9-14(11-15(20(12)28)22-26-17-5-3-4-6-19(17)31-22)25-23(32)27-21(29)13-7-8-18(30-2)16(24)10-13/h3-11,28H,1-2H3,(H2,25,27,29,32). The SMILES string of the molecule is COc1ccc(C(=O)NC(=S)Nc2cc(C)c(O)c(-c3nc4ccccc4o3)c2)cc1Br. The Bertz CT molecular complexity index is 1320. The number of methoxy groups -OCH3 is 1. The summed E-state index contributed by atoms with van der Waals surface area (Å²) in [7, 11) is 1.55. The molecule has 4 rings (SSSR count). The summed E-state index contributed by atoms with van der Waals surface area (Å²) in [6.45, 7) is 1.75. The lowest BCUT2D eigenvalue weighted by Gasteiger charge is -2.13. The van der Waals surface area contributed by atoms with E-state index in [1.54, 1.807) is 50.4 Å². The second-order valence-electron chi connectivity index (χ2n) is 6.93. The summed E-state index contributed by atoms with van der Waals surface area (Å²) < 4.78 is 11.6. The number of aromatic hydroxyl groups is 1. The highest BCUT2D eigenvalue weighted by atomic mass is 79.9. The summed E-state index contributed by atoms with van der Waals surface area (Å²) in [6.07, 6.45) is 0. The van der Waals surface area contributed by atoms with Crippen molar-refractivity contribution in [3.05, 3.63) is 70.2 Å². The Morgan fingerprint density at radius 1 is 1.19 bits per heavy atom. The molecule has 162 valence electrons. The van der Waals surface area contributed by atoms with Crippen LogP contribution in [0.2, 0.25) is 0 Å². The average molecular weight is 512 g/mol. The third kappa shape index (κ3) is 4.44. The molecule has 0 atom stereocenters. The molecule has 0 saturated heterocycles. The number of phenols is 1. The number of rotatable bonds is 4. The molecule has 0 spiro atoms. The first kappa shape index (κ1) is 21.8. The van der Waals surface area contributed by atoms with Gasteiger partial charge >= 0.3 is 0 Å². The second kappa shape index (κ2) is 8.97. The van der Waals surface area contributed by atoms with Gasteiger partial charge in [-0.3, -0.25) is 10.1 Å². The van der Waals surface area contributed by atoms with E-state index in [4.69, 9.17) is 21.4 Å². The van der Waals surface area contributed by atoms with Gasteiger partial charge in [-0.25, -0.2) is 4.98 Å². The van der Waals surface area contributed by atoms with Gasteiger partial charge in [-0.1, -0.05) is 12.1 Å². The summed E-state index contributed by atoms with van der Waals surface area (Å²) in [5, 5.41) is 16.3. The fraction of sp³-hybridized carbons (Fsp3) is 0.0870. The molecule has 9 heteroatoms. The number of benzene rings is 3. The van der Waals surface area contributed by atoms with Gasteiger partial charge in [0, 0.05) is 11.3 Å². The Morgan fingerprint density at radius 2 is 1.97 bits per heavy atom. The summed E-state index contributed by atoms with van der Waals surface area (Å²) in [6, 6.07) is 15.7. The molecular weight excluding hydrogens is 494 g/mol. The van der Waals surface area contributed by atoms with E-state index in [0.29, 0.717) is 43.7 Å². The first-order valence-electron chi connectivity index (χ1n) is 9.51. The molecule has 4 aromatic rings. The number of aromatic nitrogens is 1. The maximum atomic E-state index is 12.5. The lowest BCUT2D eigenvalue weighted by molar-refractivity contribution is 0.0977. The normalized spacial score (nSPS) is 10.7. The molecule has 3 N–H and O–H groups in total. The highest BCUT2D eigenvalue weighted by Crippen LogP contribution is 2.36. The highest BCUT2D eigenvalue weighted by molar-refractivity contribution is 9.10. The molecular formula is C23H18BrN3O4S. The van der Waals surface area contributed by atoms with Crippen molar-refractivity contribution in [2.24, 2.45) is 0 Å². The highest BCUT2D eigenvalue weighted by Gasteiger charge is 2.17. The lowest BCUT2D eigenvalue weighted by Crippen LogP contribution is -2.34. The van der Waals surface area contributed by atoms with Gasteiger partial charge in [0.25, 0.3) is 5.91 Å². The summed E-state index contributed by atoms with van der Waals surface area (Å²) in [4.78, 5) is 17.0. The zero-order chi connectivity index (χ0) is 22.8. The number of fused-ring (bicyclic) bond motifs is 1. The monoisotopic (exact) mass is 511 g/mol. The summed E-state index contributed by atoms with van der Waals surface area (Å²) >= 11 is 8.66. The van der Waals surface area contributed by atoms with E-state index in [0.717, 1.165) is 0 Å². The fourth-order valence-corrected chi connectivity index (χ4v) is 3.90. The number of amides is 1. The molecule has 1 heterocycles. The van der Waals surface area contributed by atoms with Crippen LogP contribution in [-0.2, 0) is 0 Å². The molecule has 0 aliphatic rings. The van der Waals surface area contributed by atoms with Crippen molar-refractivity contribution >= 4 is 56.0 Å². The van der Waals surface area contributed by atoms with E-state index in [9.17, 15) is 9.90 Å². The first-order valence-corrected chi connectivity index (χ1v) is 10.7. The number of halogens is 1. The number of phenolic OH excluding ortho intramolecular Hbond substituents is 1. The summed E-state index contributed by atoms with van der Waals surface area (Å²) in [5.41, 5.74) is 3.30. The molecule has 32 heavy (non-hydrogen) atoms. The third-order valence-corrected chi connectivity index (χ3v) is 5.55. The molecule has 7 nitrogen and oxygen atoms in total. The van der Waals surface area contributed by atoms with Crippen LogP contribution in [0.5, 0.6) is 11.5 Å². The van der Waals surface area contributed by atoms with Crippen molar-refractivity contribution in [3.8, 4) is 23.0 Å². The van der Waals surface area contributed by atoms with Crippen LogP contribution in [0, 0.1) is 6.92 Å². The van der Waals surface area contributed by atoms with E-state index >= 15 is 0 Å². The molecule has 0 radical (unpaired) electrons. The van der Waals surface area contributed by atoms with Crippen molar-refractivity contribution in [2.45, 2.75) is 6.92 Å². The van der Waals surface area contributed by atoms with Gasteiger partial charge in [-0.2, -0.15) is 0 Å². The van der Waals surface area contributed by atoms with E-state index in [1.165, 1.54) is 0 Å². The number of nitrogens with one attached hydrogen (secondary N) is 2. The largest absolute Gasteiger partial charge is 0.507 e. The topological polar surface area (TPSA) is 96.6 Å². The van der Waals surface area contributed by atoms with Crippen LogP contribution >= 0.6 is 28.1 Å². The zero-order valence-electron chi connectivity index (χ0n) is 17.1. The Kier molecular flexibility index (Phi) is 6.11. The Labute approximate surface area is 197 Å². The van der Waals surface area contributed by atoms with E-state index in [-0.39, 0.29) is 22.7 Å².